The van der Waals surface area contributed by atoms with Crippen LogP contribution in [0.1, 0.15) is 15.9 Å². The summed E-state index contributed by atoms with van der Waals surface area (Å²) in [5, 5.41) is 23.9. The third-order valence-electron chi connectivity index (χ3n) is 2.66. The fourth-order valence-electron chi connectivity index (χ4n) is 1.66. The Kier molecular flexibility index (Phi) is 4.39. The lowest BCUT2D eigenvalue weighted by molar-refractivity contribution is 0.102. The molecule has 0 spiro atoms. The first kappa shape index (κ1) is 14.8. The third kappa shape index (κ3) is 3.29. The molecule has 1 aromatic heterocycles. The van der Waals surface area contributed by atoms with Gasteiger partial charge in [0.15, 0.2) is 5.84 Å². The smallest absolute Gasteiger partial charge is 0.259 e. The van der Waals surface area contributed by atoms with Gasteiger partial charge in [-0.3, -0.25) is 9.78 Å². The van der Waals surface area contributed by atoms with Crippen molar-refractivity contribution in [1.82, 2.24) is 4.98 Å². The fourth-order valence-corrected chi connectivity index (χ4v) is 2.03. The number of hydrogen-bond donors (Lipinski definition) is 4. The molecule has 0 fully saturated rings. The molecular weight excluding hydrogens is 340 g/mol. The van der Waals surface area contributed by atoms with E-state index < -0.39 is 5.91 Å². The van der Waals surface area contributed by atoms with Gasteiger partial charge in [0.2, 0.25) is 0 Å². The standard InChI is InChI=1S/C13H11BrN4O3/c14-7-1-2-8(12(15)18-21)10(5-7)17-13(20)9-3-4-16-6-11(9)19/h1-6,19,21H,(H2,15,18)(H,17,20). The molecule has 0 bridgehead atoms. The number of nitrogens with two attached hydrogens (primary N) is 1. The minimum atomic E-state index is -0.542. The van der Waals surface area contributed by atoms with Crippen molar-refractivity contribution in [2.45, 2.75) is 0 Å². The Hall–Kier alpha value is -2.61. The summed E-state index contributed by atoms with van der Waals surface area (Å²) in [6, 6.07) is 6.25. The van der Waals surface area contributed by atoms with Gasteiger partial charge in [0.1, 0.15) is 5.75 Å². The number of nitrogens with one attached hydrogen (secondary N) is 1. The van der Waals surface area contributed by atoms with Crippen molar-refractivity contribution < 1.29 is 15.1 Å². The first-order chi connectivity index (χ1) is 10.0. The Labute approximate surface area is 128 Å². The summed E-state index contributed by atoms with van der Waals surface area (Å²) in [7, 11) is 0. The molecule has 1 amide bonds. The Morgan fingerprint density at radius 3 is 2.76 bits per heavy atom. The van der Waals surface area contributed by atoms with Crippen LogP contribution in [0.25, 0.3) is 0 Å². The molecule has 0 saturated carbocycles. The molecule has 0 atom stereocenters. The molecule has 0 saturated heterocycles. The number of amidine groups is 1. The van der Waals surface area contributed by atoms with Crippen molar-refractivity contribution in [2.75, 3.05) is 5.32 Å². The van der Waals surface area contributed by atoms with E-state index in [1.54, 1.807) is 18.2 Å². The highest BCUT2D eigenvalue weighted by Gasteiger charge is 2.15. The number of carbonyl (C=O) groups is 1. The molecule has 8 heteroatoms. The van der Waals surface area contributed by atoms with Gasteiger partial charge in [-0.2, -0.15) is 0 Å². The number of aromatic hydroxyl groups is 1. The van der Waals surface area contributed by atoms with E-state index >= 15 is 0 Å². The van der Waals surface area contributed by atoms with Crippen LogP contribution in [0.3, 0.4) is 0 Å². The molecule has 0 unspecified atom stereocenters. The first-order valence-corrected chi connectivity index (χ1v) is 6.54. The molecule has 0 aliphatic rings. The summed E-state index contributed by atoms with van der Waals surface area (Å²) in [6.45, 7) is 0. The maximum Gasteiger partial charge on any atom is 0.259 e. The topological polar surface area (TPSA) is 121 Å². The summed E-state index contributed by atoms with van der Waals surface area (Å²) in [6.07, 6.45) is 2.56. The van der Waals surface area contributed by atoms with Crippen molar-refractivity contribution in [3.63, 3.8) is 0 Å². The van der Waals surface area contributed by atoms with E-state index in [1.165, 1.54) is 18.5 Å². The van der Waals surface area contributed by atoms with E-state index in [0.29, 0.717) is 15.7 Å². The van der Waals surface area contributed by atoms with Crippen LogP contribution in [0.5, 0.6) is 5.75 Å². The normalized spacial score (nSPS) is 11.2. The minimum Gasteiger partial charge on any atom is -0.505 e. The summed E-state index contributed by atoms with van der Waals surface area (Å²) in [5.74, 6) is -0.924. The number of benzene rings is 1. The van der Waals surface area contributed by atoms with E-state index in [1.807, 2.05) is 0 Å². The van der Waals surface area contributed by atoms with Crippen molar-refractivity contribution in [1.29, 1.82) is 0 Å². The van der Waals surface area contributed by atoms with Gasteiger partial charge in [-0.25, -0.2) is 0 Å². The zero-order valence-electron chi connectivity index (χ0n) is 10.6. The quantitative estimate of drug-likeness (QED) is 0.291. The summed E-state index contributed by atoms with van der Waals surface area (Å²) in [5.41, 5.74) is 6.31. The van der Waals surface area contributed by atoms with Gasteiger partial charge in [-0.05, 0) is 24.3 Å². The minimum absolute atomic E-state index is 0.0652. The molecule has 0 aliphatic heterocycles. The second-order valence-corrected chi connectivity index (χ2v) is 4.94. The maximum absolute atomic E-state index is 12.2. The van der Waals surface area contributed by atoms with E-state index in [-0.39, 0.29) is 17.1 Å². The number of oxime groups is 1. The largest absolute Gasteiger partial charge is 0.505 e. The Balaban J connectivity index is 2.37. The number of aromatic nitrogens is 1. The Morgan fingerprint density at radius 1 is 1.33 bits per heavy atom. The van der Waals surface area contributed by atoms with Crippen LogP contribution in [-0.4, -0.2) is 27.0 Å². The molecule has 5 N–H and O–H groups in total. The molecular formula is C13H11BrN4O3. The van der Waals surface area contributed by atoms with Gasteiger partial charge in [0.25, 0.3) is 5.91 Å². The summed E-state index contributed by atoms with van der Waals surface area (Å²) >= 11 is 3.27. The molecule has 108 valence electrons. The molecule has 7 nitrogen and oxygen atoms in total. The molecule has 2 aromatic rings. The second kappa shape index (κ2) is 6.23. The number of anilines is 1. The number of pyridine rings is 1. The number of carbonyl (C=O) groups excluding carboxylic acids is 1. The van der Waals surface area contributed by atoms with Gasteiger partial charge in [0, 0.05) is 16.2 Å². The molecule has 0 radical (unpaired) electrons. The lowest BCUT2D eigenvalue weighted by Gasteiger charge is -2.11. The van der Waals surface area contributed by atoms with Crippen LogP contribution in [0, 0.1) is 0 Å². The zero-order chi connectivity index (χ0) is 15.4. The SMILES string of the molecule is N/C(=N/O)c1ccc(Br)cc1NC(=O)c1ccncc1O. The van der Waals surface area contributed by atoms with Crippen LogP contribution in [-0.2, 0) is 0 Å². The third-order valence-corrected chi connectivity index (χ3v) is 3.15. The van der Waals surface area contributed by atoms with Crippen LogP contribution < -0.4 is 11.1 Å². The molecule has 1 aromatic carbocycles. The van der Waals surface area contributed by atoms with Crippen molar-refractivity contribution in [3.8, 4) is 5.75 Å². The maximum atomic E-state index is 12.2. The van der Waals surface area contributed by atoms with Crippen LogP contribution in [0.4, 0.5) is 5.69 Å². The molecule has 1 heterocycles. The lowest BCUT2D eigenvalue weighted by atomic mass is 10.1. The number of hydrogen-bond acceptors (Lipinski definition) is 5. The van der Waals surface area contributed by atoms with Crippen LogP contribution in [0.15, 0.2) is 46.3 Å². The molecule has 0 aliphatic carbocycles. The van der Waals surface area contributed by atoms with Gasteiger partial charge in [-0.15, -0.1) is 0 Å². The van der Waals surface area contributed by atoms with Crippen molar-refractivity contribution in [3.05, 3.63) is 52.3 Å². The van der Waals surface area contributed by atoms with Crippen molar-refractivity contribution >= 4 is 33.4 Å². The number of nitrogens with zero attached hydrogens (tertiary/aromatic N) is 2. The second-order valence-electron chi connectivity index (χ2n) is 4.02. The molecule has 21 heavy (non-hydrogen) atoms. The Morgan fingerprint density at radius 2 is 2.10 bits per heavy atom. The van der Waals surface area contributed by atoms with E-state index in [9.17, 15) is 9.90 Å². The van der Waals surface area contributed by atoms with Gasteiger partial charge in [-0.1, -0.05) is 21.1 Å². The first-order valence-electron chi connectivity index (χ1n) is 5.74. The Bertz CT molecular complexity index is 718. The predicted octanol–water partition coefficient (Wildman–Crippen LogP) is 1.90. The average molecular weight is 351 g/mol. The fraction of sp³-hybridized carbons (Fsp3) is 0. The summed E-state index contributed by atoms with van der Waals surface area (Å²) in [4.78, 5) is 15.8. The monoisotopic (exact) mass is 350 g/mol. The predicted molar refractivity (Wildman–Crippen MR) is 80.5 cm³/mol. The van der Waals surface area contributed by atoms with E-state index in [2.05, 4.69) is 31.4 Å². The highest BCUT2D eigenvalue weighted by Crippen LogP contribution is 2.23. The summed E-state index contributed by atoms with van der Waals surface area (Å²) < 4.78 is 0.700. The lowest BCUT2D eigenvalue weighted by Crippen LogP contribution is -2.19. The number of halogens is 1. The van der Waals surface area contributed by atoms with Gasteiger partial charge < -0.3 is 21.4 Å². The van der Waals surface area contributed by atoms with E-state index in [0.717, 1.165) is 0 Å². The van der Waals surface area contributed by atoms with Gasteiger partial charge >= 0.3 is 0 Å². The van der Waals surface area contributed by atoms with Crippen LogP contribution in [0.2, 0.25) is 0 Å². The van der Waals surface area contributed by atoms with Crippen LogP contribution >= 0.6 is 15.9 Å². The highest BCUT2D eigenvalue weighted by molar-refractivity contribution is 9.10. The highest BCUT2D eigenvalue weighted by atomic mass is 79.9. The number of amides is 1. The molecule has 2 rings (SSSR count). The van der Waals surface area contributed by atoms with E-state index in [4.69, 9.17) is 10.9 Å². The number of rotatable bonds is 3. The van der Waals surface area contributed by atoms with Gasteiger partial charge in [0.05, 0.1) is 17.4 Å². The average Bonchev–Trinajstić information content (AvgIpc) is 2.47. The van der Waals surface area contributed by atoms with Crippen molar-refractivity contribution in [2.24, 2.45) is 10.9 Å². The zero-order valence-corrected chi connectivity index (χ0v) is 12.2.